The molecule has 0 aromatic heterocycles. The van der Waals surface area contributed by atoms with Crippen molar-refractivity contribution in [2.75, 3.05) is 19.6 Å². The van der Waals surface area contributed by atoms with Gasteiger partial charge in [-0.25, -0.2) is 0 Å². The van der Waals surface area contributed by atoms with Crippen LogP contribution in [0, 0.1) is 12.8 Å². The van der Waals surface area contributed by atoms with Crippen LogP contribution >= 0.6 is 0 Å². The van der Waals surface area contributed by atoms with E-state index in [2.05, 4.69) is 48.3 Å². The van der Waals surface area contributed by atoms with E-state index in [-0.39, 0.29) is 11.8 Å². The average molecular weight is 288 g/mol. The third-order valence-corrected chi connectivity index (χ3v) is 4.44. The zero-order chi connectivity index (χ0) is 15.1. The van der Waals surface area contributed by atoms with Gasteiger partial charge in [0.15, 0.2) is 0 Å². The summed E-state index contributed by atoms with van der Waals surface area (Å²) in [7, 11) is 0. The van der Waals surface area contributed by atoms with Crippen molar-refractivity contribution in [2.45, 2.75) is 46.1 Å². The van der Waals surface area contributed by atoms with Gasteiger partial charge in [-0.1, -0.05) is 37.6 Å². The Labute approximate surface area is 128 Å². The molecular weight excluding hydrogens is 260 g/mol. The molecule has 1 amide bonds. The predicted octanol–water partition coefficient (Wildman–Crippen LogP) is 3.12. The molecule has 3 nitrogen and oxygen atoms in total. The fraction of sp³-hybridized carbons (Fsp3) is 0.611. The maximum atomic E-state index is 12.1. The van der Waals surface area contributed by atoms with Gasteiger partial charge in [-0.2, -0.15) is 0 Å². The zero-order valence-electron chi connectivity index (χ0n) is 13.4. The van der Waals surface area contributed by atoms with E-state index in [4.69, 9.17) is 0 Å². The summed E-state index contributed by atoms with van der Waals surface area (Å²) < 4.78 is 0. The highest BCUT2D eigenvalue weighted by Crippen LogP contribution is 2.20. The Kier molecular flexibility index (Phi) is 6.24. The fourth-order valence-corrected chi connectivity index (χ4v) is 2.91. The SMILES string of the molecule is CCCCNC(=O)C1CCN(Cc2ccccc2C)CC1. The lowest BCUT2D eigenvalue weighted by Gasteiger charge is -2.31. The molecule has 1 aliphatic heterocycles. The van der Waals surface area contributed by atoms with E-state index < -0.39 is 0 Å². The van der Waals surface area contributed by atoms with E-state index in [9.17, 15) is 4.79 Å². The summed E-state index contributed by atoms with van der Waals surface area (Å²) >= 11 is 0. The normalized spacial score (nSPS) is 16.9. The topological polar surface area (TPSA) is 32.3 Å². The van der Waals surface area contributed by atoms with Gasteiger partial charge in [0.2, 0.25) is 5.91 Å². The molecular formula is C18H28N2O. The van der Waals surface area contributed by atoms with Crippen LogP contribution < -0.4 is 5.32 Å². The molecule has 116 valence electrons. The standard InChI is InChI=1S/C18H28N2O/c1-3-4-11-19-18(21)16-9-12-20(13-10-16)14-17-8-6-5-7-15(17)2/h5-8,16H,3-4,9-14H2,1-2H3,(H,19,21). The smallest absolute Gasteiger partial charge is 0.223 e. The number of carbonyl (C=O) groups is 1. The third kappa shape index (κ3) is 4.85. The summed E-state index contributed by atoms with van der Waals surface area (Å²) in [6.07, 6.45) is 4.20. The predicted molar refractivity (Wildman–Crippen MR) is 87.1 cm³/mol. The first kappa shape index (κ1) is 16.0. The van der Waals surface area contributed by atoms with Crippen molar-refractivity contribution < 1.29 is 4.79 Å². The highest BCUT2D eigenvalue weighted by atomic mass is 16.1. The number of nitrogens with zero attached hydrogens (tertiary/aromatic N) is 1. The van der Waals surface area contributed by atoms with Crippen LogP contribution in [-0.2, 0) is 11.3 Å². The second kappa shape index (κ2) is 8.18. The third-order valence-electron chi connectivity index (χ3n) is 4.44. The number of nitrogens with one attached hydrogen (secondary N) is 1. The van der Waals surface area contributed by atoms with Crippen molar-refractivity contribution in [2.24, 2.45) is 5.92 Å². The van der Waals surface area contributed by atoms with Crippen molar-refractivity contribution in [3.8, 4) is 0 Å². The Morgan fingerprint density at radius 2 is 2.00 bits per heavy atom. The summed E-state index contributed by atoms with van der Waals surface area (Å²) in [6.45, 7) is 8.22. The van der Waals surface area contributed by atoms with E-state index in [1.54, 1.807) is 0 Å². The van der Waals surface area contributed by atoms with Crippen molar-refractivity contribution in [3.63, 3.8) is 0 Å². The number of rotatable bonds is 6. The van der Waals surface area contributed by atoms with Gasteiger partial charge in [0.05, 0.1) is 0 Å². The number of hydrogen-bond donors (Lipinski definition) is 1. The van der Waals surface area contributed by atoms with Crippen molar-refractivity contribution in [1.29, 1.82) is 0 Å². The lowest BCUT2D eigenvalue weighted by Crippen LogP contribution is -2.40. The van der Waals surface area contributed by atoms with Crippen molar-refractivity contribution >= 4 is 5.91 Å². The highest BCUT2D eigenvalue weighted by molar-refractivity contribution is 5.78. The number of hydrogen-bond acceptors (Lipinski definition) is 2. The number of unbranched alkanes of at least 4 members (excludes halogenated alkanes) is 1. The van der Waals surface area contributed by atoms with E-state index in [0.717, 1.165) is 51.9 Å². The molecule has 1 saturated heterocycles. The molecule has 1 aromatic carbocycles. The first-order valence-corrected chi connectivity index (χ1v) is 8.25. The minimum absolute atomic E-state index is 0.218. The number of piperidine rings is 1. The molecule has 1 heterocycles. The van der Waals surface area contributed by atoms with Crippen LogP contribution in [0.25, 0.3) is 0 Å². The number of amides is 1. The van der Waals surface area contributed by atoms with Gasteiger partial charge in [-0.15, -0.1) is 0 Å². The van der Waals surface area contributed by atoms with E-state index in [1.807, 2.05) is 0 Å². The molecule has 0 bridgehead atoms. The van der Waals surface area contributed by atoms with Crippen molar-refractivity contribution in [3.05, 3.63) is 35.4 Å². The molecule has 0 atom stereocenters. The number of aryl methyl sites for hydroxylation is 1. The first-order chi connectivity index (χ1) is 10.2. The van der Waals surface area contributed by atoms with E-state index in [1.165, 1.54) is 11.1 Å². The highest BCUT2D eigenvalue weighted by Gasteiger charge is 2.24. The molecule has 0 aliphatic carbocycles. The van der Waals surface area contributed by atoms with Crippen LogP contribution in [0.1, 0.15) is 43.7 Å². The Morgan fingerprint density at radius 3 is 2.67 bits per heavy atom. The lowest BCUT2D eigenvalue weighted by molar-refractivity contribution is -0.126. The van der Waals surface area contributed by atoms with E-state index in [0.29, 0.717) is 0 Å². The summed E-state index contributed by atoms with van der Waals surface area (Å²) in [5.41, 5.74) is 2.76. The summed E-state index contributed by atoms with van der Waals surface area (Å²) in [5.74, 6) is 0.481. The fourth-order valence-electron chi connectivity index (χ4n) is 2.91. The molecule has 1 aromatic rings. The Morgan fingerprint density at radius 1 is 1.29 bits per heavy atom. The lowest BCUT2D eigenvalue weighted by atomic mass is 9.95. The summed E-state index contributed by atoms with van der Waals surface area (Å²) in [4.78, 5) is 14.5. The average Bonchev–Trinajstić information content (AvgIpc) is 2.50. The Hall–Kier alpha value is -1.35. The summed E-state index contributed by atoms with van der Waals surface area (Å²) in [5, 5.41) is 3.07. The number of carbonyl (C=O) groups excluding carboxylic acids is 1. The maximum Gasteiger partial charge on any atom is 0.223 e. The first-order valence-electron chi connectivity index (χ1n) is 8.25. The van der Waals surface area contributed by atoms with Gasteiger partial charge in [-0.05, 0) is 50.4 Å². The quantitative estimate of drug-likeness (QED) is 0.816. The molecule has 0 unspecified atom stereocenters. The molecule has 1 fully saturated rings. The summed E-state index contributed by atoms with van der Waals surface area (Å²) in [6, 6.07) is 8.57. The van der Waals surface area contributed by atoms with Crippen LogP contribution in [0.4, 0.5) is 0 Å². The van der Waals surface area contributed by atoms with Gasteiger partial charge in [0.25, 0.3) is 0 Å². The van der Waals surface area contributed by atoms with Crippen LogP contribution in [0.3, 0.4) is 0 Å². The molecule has 2 rings (SSSR count). The van der Waals surface area contributed by atoms with E-state index >= 15 is 0 Å². The second-order valence-corrected chi connectivity index (χ2v) is 6.12. The molecule has 1 N–H and O–H groups in total. The van der Waals surface area contributed by atoms with Gasteiger partial charge in [0, 0.05) is 19.0 Å². The van der Waals surface area contributed by atoms with Gasteiger partial charge in [-0.3, -0.25) is 9.69 Å². The minimum Gasteiger partial charge on any atom is -0.356 e. The number of benzene rings is 1. The van der Waals surface area contributed by atoms with Crippen LogP contribution in [-0.4, -0.2) is 30.4 Å². The largest absolute Gasteiger partial charge is 0.356 e. The molecule has 0 saturated carbocycles. The van der Waals surface area contributed by atoms with Crippen molar-refractivity contribution in [1.82, 2.24) is 10.2 Å². The van der Waals surface area contributed by atoms with Crippen LogP contribution in [0.2, 0.25) is 0 Å². The van der Waals surface area contributed by atoms with Crippen LogP contribution in [0.15, 0.2) is 24.3 Å². The monoisotopic (exact) mass is 288 g/mol. The molecule has 3 heteroatoms. The molecule has 0 radical (unpaired) electrons. The molecule has 1 aliphatic rings. The van der Waals surface area contributed by atoms with Gasteiger partial charge in [0.1, 0.15) is 0 Å². The Bertz CT molecular complexity index is 450. The van der Waals surface area contributed by atoms with Gasteiger partial charge >= 0.3 is 0 Å². The Balaban J connectivity index is 1.75. The molecule has 21 heavy (non-hydrogen) atoms. The zero-order valence-corrected chi connectivity index (χ0v) is 13.4. The van der Waals surface area contributed by atoms with Gasteiger partial charge < -0.3 is 5.32 Å². The number of likely N-dealkylation sites (tertiary alicyclic amines) is 1. The maximum absolute atomic E-state index is 12.1. The van der Waals surface area contributed by atoms with Crippen LogP contribution in [0.5, 0.6) is 0 Å². The minimum atomic E-state index is 0.218. The molecule has 0 spiro atoms. The second-order valence-electron chi connectivity index (χ2n) is 6.12.